The molecule has 1 spiro atoms. The Kier molecular flexibility index (Phi) is 3.38. The average Bonchev–Trinajstić information content (AvgIpc) is 2.96. The van der Waals surface area contributed by atoms with E-state index in [4.69, 9.17) is 15.2 Å². The van der Waals surface area contributed by atoms with E-state index < -0.39 is 5.54 Å². The Balaban J connectivity index is 1.92. The molecule has 2 aliphatic heterocycles. The van der Waals surface area contributed by atoms with E-state index in [1.165, 1.54) is 0 Å². The molecule has 0 radical (unpaired) electrons. The molecule has 0 bridgehead atoms. The Morgan fingerprint density at radius 3 is 2.73 bits per heavy atom. The number of pyridine rings is 1. The Bertz CT molecular complexity index is 996. The maximum absolute atomic E-state index is 9.96. The number of benzene rings is 1. The number of rotatable bonds is 0. The summed E-state index contributed by atoms with van der Waals surface area (Å²) in [5, 5.41) is 9.96. The monoisotopic (exact) mass is 349 g/mol. The molecule has 4 rings (SSSR count). The fourth-order valence-corrected chi connectivity index (χ4v) is 3.04. The first-order valence-electron chi connectivity index (χ1n) is 8.30. The van der Waals surface area contributed by atoms with Crippen LogP contribution in [-0.4, -0.2) is 22.7 Å². The highest BCUT2D eigenvalue weighted by molar-refractivity contribution is 5.76. The quantitative estimate of drug-likeness (QED) is 0.714. The number of amidine groups is 1. The van der Waals surface area contributed by atoms with Crippen molar-refractivity contribution in [2.24, 2.45) is 16.1 Å². The van der Waals surface area contributed by atoms with Crippen molar-refractivity contribution in [3.63, 3.8) is 0 Å². The molecule has 0 unspecified atom stereocenters. The van der Waals surface area contributed by atoms with Gasteiger partial charge in [0.2, 0.25) is 5.88 Å². The zero-order valence-electron chi connectivity index (χ0n) is 14.8. The summed E-state index contributed by atoms with van der Waals surface area (Å²) in [4.78, 5) is 8.98. The summed E-state index contributed by atoms with van der Waals surface area (Å²) in [5.41, 5.74) is 6.96. The molecule has 6 heteroatoms. The zero-order chi connectivity index (χ0) is 18.5. The largest absolute Gasteiger partial charge is 0.508 e. The lowest BCUT2D eigenvalue weighted by molar-refractivity contribution is 0.262. The normalized spacial score (nSPS) is 20.2. The number of aromatic nitrogens is 1. The van der Waals surface area contributed by atoms with Crippen LogP contribution in [0, 0.1) is 17.3 Å². The summed E-state index contributed by atoms with van der Waals surface area (Å²) in [6.45, 7) is 6.35. The van der Waals surface area contributed by atoms with Crippen LogP contribution >= 0.6 is 0 Å². The van der Waals surface area contributed by atoms with Crippen molar-refractivity contribution < 1.29 is 14.6 Å². The highest BCUT2D eigenvalue weighted by atomic mass is 16.5. The van der Waals surface area contributed by atoms with Gasteiger partial charge in [0.25, 0.3) is 6.02 Å². The summed E-state index contributed by atoms with van der Waals surface area (Å²) >= 11 is 0. The summed E-state index contributed by atoms with van der Waals surface area (Å²) < 4.78 is 11.4. The Morgan fingerprint density at radius 1 is 1.23 bits per heavy atom. The zero-order valence-corrected chi connectivity index (χ0v) is 14.8. The molecule has 6 nitrogen and oxygen atoms in total. The molecule has 132 valence electrons. The first kappa shape index (κ1) is 16.3. The van der Waals surface area contributed by atoms with Crippen molar-refractivity contribution in [2.45, 2.75) is 26.3 Å². The van der Waals surface area contributed by atoms with Crippen LogP contribution in [0.5, 0.6) is 17.4 Å². The van der Waals surface area contributed by atoms with Gasteiger partial charge in [-0.3, -0.25) is 0 Å². The van der Waals surface area contributed by atoms with Crippen LogP contribution in [0.1, 0.15) is 37.5 Å². The van der Waals surface area contributed by atoms with Gasteiger partial charge in [0.1, 0.15) is 18.1 Å². The average molecular weight is 349 g/mol. The van der Waals surface area contributed by atoms with Gasteiger partial charge in [-0.2, -0.15) is 0 Å². The molecule has 2 aromatic rings. The second-order valence-corrected chi connectivity index (χ2v) is 7.46. The summed E-state index contributed by atoms with van der Waals surface area (Å²) in [6, 6.07) is 6.87. The lowest BCUT2D eigenvalue weighted by Crippen LogP contribution is -2.31. The first-order valence-corrected chi connectivity index (χ1v) is 8.30. The lowest BCUT2D eigenvalue weighted by Gasteiger charge is -2.32. The van der Waals surface area contributed by atoms with Crippen molar-refractivity contribution in [1.82, 2.24) is 4.98 Å². The number of ether oxygens (including phenoxy) is 2. The second-order valence-electron chi connectivity index (χ2n) is 7.46. The van der Waals surface area contributed by atoms with E-state index >= 15 is 0 Å². The smallest absolute Gasteiger partial charge is 0.283 e. The van der Waals surface area contributed by atoms with E-state index in [1.807, 2.05) is 26.8 Å². The Hall–Kier alpha value is -3.20. The number of aliphatic imine (C=N–C) groups is 1. The standard InChI is InChI=1S/C20H19N3O3/c1-19(2,3)7-6-12-8-15-17(22-10-12)26-16-5-4-13(24)9-14(16)20(15)11-25-18(21)23-20/h4-5,8-10,24H,11H2,1-3H3,(H2,21,23)/t20-/m0/s1. The van der Waals surface area contributed by atoms with E-state index in [0.29, 0.717) is 17.2 Å². The van der Waals surface area contributed by atoms with Gasteiger partial charge in [-0.05, 0) is 45.0 Å². The van der Waals surface area contributed by atoms with Crippen LogP contribution in [0.3, 0.4) is 0 Å². The molecule has 2 aliphatic rings. The van der Waals surface area contributed by atoms with E-state index in [2.05, 4.69) is 21.8 Å². The number of phenolic OH excluding ortho intramolecular Hbond substituents is 1. The number of nitrogens with zero attached hydrogens (tertiary/aromatic N) is 2. The van der Waals surface area contributed by atoms with Crippen molar-refractivity contribution in [2.75, 3.05) is 6.61 Å². The number of hydrogen-bond donors (Lipinski definition) is 2. The van der Waals surface area contributed by atoms with E-state index in [9.17, 15) is 5.11 Å². The second kappa shape index (κ2) is 5.40. The SMILES string of the molecule is CC(C)(C)C#Cc1cnc2c(c1)[C@]1(COC(N)=N1)c1cc(O)ccc1O2. The minimum absolute atomic E-state index is 0.0957. The maximum Gasteiger partial charge on any atom is 0.283 e. The van der Waals surface area contributed by atoms with Gasteiger partial charge in [-0.1, -0.05) is 11.8 Å². The van der Waals surface area contributed by atoms with Gasteiger partial charge in [0, 0.05) is 22.7 Å². The molecule has 0 saturated heterocycles. The predicted octanol–water partition coefficient (Wildman–Crippen LogP) is 2.88. The van der Waals surface area contributed by atoms with Gasteiger partial charge in [0.05, 0.1) is 5.56 Å². The predicted molar refractivity (Wildman–Crippen MR) is 97.1 cm³/mol. The van der Waals surface area contributed by atoms with Crippen LogP contribution in [0.25, 0.3) is 0 Å². The van der Waals surface area contributed by atoms with Gasteiger partial charge in [-0.15, -0.1) is 0 Å². The number of phenols is 1. The fraction of sp³-hybridized carbons (Fsp3) is 0.300. The molecule has 3 N–H and O–H groups in total. The van der Waals surface area contributed by atoms with Crippen LogP contribution in [-0.2, 0) is 10.3 Å². The van der Waals surface area contributed by atoms with Crippen molar-refractivity contribution >= 4 is 6.02 Å². The van der Waals surface area contributed by atoms with Crippen molar-refractivity contribution in [3.8, 4) is 29.2 Å². The third-order valence-electron chi connectivity index (χ3n) is 4.22. The molecular formula is C20H19N3O3. The van der Waals surface area contributed by atoms with E-state index in [1.54, 1.807) is 24.4 Å². The summed E-state index contributed by atoms with van der Waals surface area (Å²) in [5.74, 6) is 7.47. The van der Waals surface area contributed by atoms with Gasteiger partial charge in [0.15, 0.2) is 5.54 Å². The third-order valence-corrected chi connectivity index (χ3v) is 4.22. The summed E-state index contributed by atoms with van der Waals surface area (Å²) in [7, 11) is 0. The van der Waals surface area contributed by atoms with Crippen LogP contribution < -0.4 is 10.5 Å². The first-order chi connectivity index (χ1) is 12.3. The molecule has 3 heterocycles. The number of aromatic hydroxyl groups is 1. The minimum Gasteiger partial charge on any atom is -0.508 e. The number of nitrogens with two attached hydrogens (primary N) is 1. The number of fused-ring (bicyclic) bond motifs is 4. The molecule has 0 fully saturated rings. The fourth-order valence-electron chi connectivity index (χ4n) is 3.04. The molecule has 0 saturated carbocycles. The van der Waals surface area contributed by atoms with Crippen LogP contribution in [0.15, 0.2) is 35.5 Å². The van der Waals surface area contributed by atoms with Crippen LogP contribution in [0.2, 0.25) is 0 Å². The van der Waals surface area contributed by atoms with Crippen molar-refractivity contribution in [3.05, 3.63) is 47.2 Å². The van der Waals surface area contributed by atoms with Gasteiger partial charge in [-0.25, -0.2) is 9.98 Å². The van der Waals surface area contributed by atoms with E-state index in [0.717, 1.165) is 11.1 Å². The highest BCUT2D eigenvalue weighted by Gasteiger charge is 2.47. The van der Waals surface area contributed by atoms with Gasteiger partial charge >= 0.3 is 0 Å². The van der Waals surface area contributed by atoms with Crippen molar-refractivity contribution in [1.29, 1.82) is 0 Å². The molecule has 0 amide bonds. The Labute approximate surface area is 151 Å². The Morgan fingerprint density at radius 2 is 2.04 bits per heavy atom. The third kappa shape index (κ3) is 2.62. The molecular weight excluding hydrogens is 330 g/mol. The number of hydrogen-bond acceptors (Lipinski definition) is 6. The van der Waals surface area contributed by atoms with Gasteiger partial charge < -0.3 is 20.3 Å². The highest BCUT2D eigenvalue weighted by Crippen LogP contribution is 2.50. The maximum atomic E-state index is 9.96. The minimum atomic E-state index is -0.905. The molecule has 0 aliphatic carbocycles. The summed E-state index contributed by atoms with van der Waals surface area (Å²) in [6.07, 6.45) is 1.68. The molecule has 1 atom stereocenters. The van der Waals surface area contributed by atoms with E-state index in [-0.39, 0.29) is 23.8 Å². The molecule has 26 heavy (non-hydrogen) atoms. The topological polar surface area (TPSA) is 90.0 Å². The molecule has 1 aromatic heterocycles. The van der Waals surface area contributed by atoms with Crippen LogP contribution in [0.4, 0.5) is 0 Å². The molecule has 1 aromatic carbocycles. The lowest BCUT2D eigenvalue weighted by atomic mass is 9.82.